The molecule has 8 heteroatoms. The quantitative estimate of drug-likeness (QED) is 0.438. The summed E-state index contributed by atoms with van der Waals surface area (Å²) in [5, 5.41) is 7.50. The predicted octanol–water partition coefficient (Wildman–Crippen LogP) is 3.04. The van der Waals surface area contributed by atoms with Gasteiger partial charge in [0.05, 0.1) is 34.7 Å². The molecule has 7 nitrogen and oxygen atoms in total. The molecule has 2 N–H and O–H groups in total. The number of hydrogen-bond acceptors (Lipinski definition) is 6. The maximum Gasteiger partial charge on any atom is 0.203 e. The molecule has 26 heavy (non-hydrogen) atoms. The zero-order valence-electron chi connectivity index (χ0n) is 15.0. The molecule has 0 aromatic heterocycles. The van der Waals surface area contributed by atoms with E-state index >= 15 is 0 Å². The van der Waals surface area contributed by atoms with Crippen LogP contribution in [0.15, 0.2) is 41.5 Å². The fourth-order valence-electron chi connectivity index (χ4n) is 2.25. The maximum absolute atomic E-state index is 5.40. The van der Waals surface area contributed by atoms with Gasteiger partial charge in [-0.25, -0.2) is 0 Å². The third kappa shape index (κ3) is 4.76. The van der Waals surface area contributed by atoms with E-state index in [1.165, 1.54) is 0 Å². The second-order valence-corrected chi connectivity index (χ2v) is 5.39. The van der Waals surface area contributed by atoms with Crippen LogP contribution < -0.4 is 29.7 Å². The summed E-state index contributed by atoms with van der Waals surface area (Å²) in [6, 6.07) is 11.0. The standard InChI is InChI=1S/C18H21N3O4S/c1-22-14-7-5-6-13(10-14)20-18(26)21-19-11-12-8-9-15(23-2)17(25-4)16(12)24-3/h5-11H,1-4H3,(H2,20,21,26)/b19-11+. The van der Waals surface area contributed by atoms with Crippen LogP contribution in [0.3, 0.4) is 0 Å². The molecule has 0 fully saturated rings. The summed E-state index contributed by atoms with van der Waals surface area (Å²) in [5.74, 6) is 2.32. The fourth-order valence-corrected chi connectivity index (χ4v) is 2.42. The van der Waals surface area contributed by atoms with E-state index in [1.54, 1.807) is 40.7 Å². The summed E-state index contributed by atoms with van der Waals surface area (Å²) in [7, 11) is 6.27. The normalized spacial score (nSPS) is 10.3. The van der Waals surface area contributed by atoms with Crippen molar-refractivity contribution in [3.8, 4) is 23.0 Å². The molecule has 138 valence electrons. The van der Waals surface area contributed by atoms with Gasteiger partial charge in [-0.2, -0.15) is 5.10 Å². The van der Waals surface area contributed by atoms with Gasteiger partial charge in [-0.3, -0.25) is 5.43 Å². The van der Waals surface area contributed by atoms with Gasteiger partial charge in [-0.05, 0) is 36.5 Å². The molecular formula is C18H21N3O4S. The van der Waals surface area contributed by atoms with Crippen molar-refractivity contribution in [2.45, 2.75) is 0 Å². The van der Waals surface area contributed by atoms with E-state index in [9.17, 15) is 0 Å². The molecule has 0 spiro atoms. The van der Waals surface area contributed by atoms with Crippen molar-refractivity contribution in [3.05, 3.63) is 42.0 Å². The van der Waals surface area contributed by atoms with E-state index < -0.39 is 0 Å². The summed E-state index contributed by atoms with van der Waals surface area (Å²) < 4.78 is 21.2. The van der Waals surface area contributed by atoms with Crippen molar-refractivity contribution in [2.75, 3.05) is 33.8 Å². The second-order valence-electron chi connectivity index (χ2n) is 4.98. The highest BCUT2D eigenvalue weighted by atomic mass is 32.1. The van der Waals surface area contributed by atoms with E-state index in [0.29, 0.717) is 27.9 Å². The Labute approximate surface area is 157 Å². The Kier molecular flexibility index (Phi) is 7.04. The van der Waals surface area contributed by atoms with Gasteiger partial charge in [-0.15, -0.1) is 0 Å². The molecule has 0 saturated carbocycles. The zero-order chi connectivity index (χ0) is 18.9. The highest BCUT2D eigenvalue weighted by molar-refractivity contribution is 7.80. The van der Waals surface area contributed by atoms with Crippen LogP contribution in [0.5, 0.6) is 23.0 Å². The second kappa shape index (κ2) is 9.47. The van der Waals surface area contributed by atoms with E-state index in [1.807, 2.05) is 30.3 Å². The van der Waals surface area contributed by atoms with Crippen molar-refractivity contribution < 1.29 is 18.9 Å². The lowest BCUT2D eigenvalue weighted by atomic mass is 10.2. The van der Waals surface area contributed by atoms with Gasteiger partial charge in [0, 0.05) is 17.3 Å². The van der Waals surface area contributed by atoms with E-state index in [4.69, 9.17) is 31.2 Å². The number of benzene rings is 2. The van der Waals surface area contributed by atoms with Crippen LogP contribution in [-0.4, -0.2) is 39.8 Å². The number of anilines is 1. The lowest BCUT2D eigenvalue weighted by Crippen LogP contribution is -2.23. The molecule has 0 heterocycles. The van der Waals surface area contributed by atoms with Crippen molar-refractivity contribution >= 4 is 29.2 Å². The predicted molar refractivity (Wildman–Crippen MR) is 106 cm³/mol. The number of nitrogens with zero attached hydrogens (tertiary/aromatic N) is 1. The summed E-state index contributed by atoms with van der Waals surface area (Å²) >= 11 is 5.23. The first-order valence-electron chi connectivity index (χ1n) is 7.66. The van der Waals surface area contributed by atoms with Crippen LogP contribution in [0, 0.1) is 0 Å². The third-order valence-electron chi connectivity index (χ3n) is 3.43. The van der Waals surface area contributed by atoms with E-state index in [2.05, 4.69) is 15.8 Å². The van der Waals surface area contributed by atoms with Crippen LogP contribution in [0.2, 0.25) is 0 Å². The molecule has 2 aromatic carbocycles. The molecule has 0 bridgehead atoms. The number of nitrogens with one attached hydrogen (secondary N) is 2. The third-order valence-corrected chi connectivity index (χ3v) is 3.63. The first-order chi connectivity index (χ1) is 12.6. The molecule has 2 rings (SSSR count). The Bertz CT molecular complexity index is 796. The molecule has 0 saturated heterocycles. The molecular weight excluding hydrogens is 354 g/mol. The monoisotopic (exact) mass is 375 g/mol. The minimum absolute atomic E-state index is 0.342. The Hall–Kier alpha value is -3.00. The van der Waals surface area contributed by atoms with Crippen LogP contribution in [0.1, 0.15) is 5.56 Å². The molecule has 2 aromatic rings. The highest BCUT2D eigenvalue weighted by Crippen LogP contribution is 2.38. The van der Waals surface area contributed by atoms with Gasteiger partial charge in [-0.1, -0.05) is 6.07 Å². The number of hydrazone groups is 1. The molecule has 0 amide bonds. The first kappa shape index (κ1) is 19.3. The minimum atomic E-state index is 0.342. The van der Waals surface area contributed by atoms with Crippen molar-refractivity contribution in [1.29, 1.82) is 0 Å². The highest BCUT2D eigenvalue weighted by Gasteiger charge is 2.14. The Morgan fingerprint density at radius 3 is 2.38 bits per heavy atom. The fraction of sp³-hybridized carbons (Fsp3) is 0.222. The topological polar surface area (TPSA) is 73.3 Å². The SMILES string of the molecule is COc1cccc(NC(=S)N/N=C/c2ccc(OC)c(OC)c2OC)c1. The number of hydrogen-bond donors (Lipinski definition) is 2. The van der Waals surface area contributed by atoms with Crippen molar-refractivity contribution in [2.24, 2.45) is 5.10 Å². The van der Waals surface area contributed by atoms with Crippen LogP contribution in [0.4, 0.5) is 5.69 Å². The number of thiocarbonyl (C=S) groups is 1. The lowest BCUT2D eigenvalue weighted by molar-refractivity contribution is 0.324. The Balaban J connectivity index is 2.06. The van der Waals surface area contributed by atoms with Gasteiger partial charge in [0.2, 0.25) is 5.75 Å². The maximum atomic E-state index is 5.40. The van der Waals surface area contributed by atoms with Gasteiger partial charge in [0.1, 0.15) is 5.75 Å². The largest absolute Gasteiger partial charge is 0.497 e. The zero-order valence-corrected chi connectivity index (χ0v) is 15.8. The van der Waals surface area contributed by atoms with Crippen LogP contribution in [-0.2, 0) is 0 Å². The summed E-state index contributed by atoms with van der Waals surface area (Å²) in [6.45, 7) is 0. The number of ether oxygens (including phenoxy) is 4. The Morgan fingerprint density at radius 2 is 1.73 bits per heavy atom. The Morgan fingerprint density at radius 1 is 0.962 bits per heavy atom. The number of rotatable bonds is 7. The van der Waals surface area contributed by atoms with Gasteiger partial charge in [0.25, 0.3) is 0 Å². The smallest absolute Gasteiger partial charge is 0.203 e. The summed E-state index contributed by atoms with van der Waals surface area (Å²) in [5.41, 5.74) is 4.26. The van der Waals surface area contributed by atoms with Crippen molar-refractivity contribution in [3.63, 3.8) is 0 Å². The van der Waals surface area contributed by atoms with Crippen LogP contribution >= 0.6 is 12.2 Å². The number of methoxy groups -OCH3 is 4. The molecule has 0 aliphatic heterocycles. The molecule has 0 unspecified atom stereocenters. The van der Waals surface area contributed by atoms with E-state index in [-0.39, 0.29) is 0 Å². The first-order valence-corrected chi connectivity index (χ1v) is 8.06. The molecule has 0 aliphatic rings. The van der Waals surface area contributed by atoms with Crippen molar-refractivity contribution in [1.82, 2.24) is 5.43 Å². The van der Waals surface area contributed by atoms with Gasteiger partial charge in [0.15, 0.2) is 16.6 Å². The minimum Gasteiger partial charge on any atom is -0.497 e. The average molecular weight is 375 g/mol. The van der Waals surface area contributed by atoms with E-state index in [0.717, 1.165) is 11.4 Å². The molecule has 0 aliphatic carbocycles. The molecule has 0 radical (unpaired) electrons. The summed E-state index contributed by atoms with van der Waals surface area (Å²) in [6.07, 6.45) is 1.58. The van der Waals surface area contributed by atoms with Gasteiger partial charge < -0.3 is 24.3 Å². The molecule has 0 atom stereocenters. The summed E-state index contributed by atoms with van der Waals surface area (Å²) in [4.78, 5) is 0. The van der Waals surface area contributed by atoms with Gasteiger partial charge >= 0.3 is 0 Å². The van der Waals surface area contributed by atoms with Crippen LogP contribution in [0.25, 0.3) is 0 Å². The lowest BCUT2D eigenvalue weighted by Gasteiger charge is -2.13. The average Bonchev–Trinajstić information content (AvgIpc) is 2.67.